The molecule has 0 atom stereocenters. The number of rotatable bonds is 0. The molecule has 0 radical (unpaired) electrons. The lowest BCUT2D eigenvalue weighted by atomic mass is 9.92. The van der Waals surface area contributed by atoms with Gasteiger partial charge in [-0.1, -0.05) is 54.6 Å². The van der Waals surface area contributed by atoms with Crippen molar-refractivity contribution < 1.29 is 0 Å². The second-order valence-electron chi connectivity index (χ2n) is 8.98. The minimum absolute atomic E-state index is 1.02. The fourth-order valence-corrected chi connectivity index (χ4v) is 6.11. The summed E-state index contributed by atoms with van der Waals surface area (Å²) in [5, 5.41) is 4.04. The molecular weight excluding hydrogens is 374 g/mol. The molecule has 0 saturated heterocycles. The maximum Gasteiger partial charge on any atom is 0.0535 e. The van der Waals surface area contributed by atoms with Gasteiger partial charge in [-0.15, -0.1) is 0 Å². The average Bonchev–Trinajstić information content (AvgIpc) is 3.52. The van der Waals surface area contributed by atoms with E-state index in [0.29, 0.717) is 0 Å². The first-order chi connectivity index (χ1) is 15.4. The van der Waals surface area contributed by atoms with Crippen LogP contribution >= 0.6 is 0 Å². The van der Waals surface area contributed by atoms with E-state index in [4.69, 9.17) is 0 Å². The van der Waals surface area contributed by atoms with Crippen LogP contribution < -0.4 is 0 Å². The summed E-state index contributed by atoms with van der Waals surface area (Å²) >= 11 is 0. The summed E-state index contributed by atoms with van der Waals surface area (Å²) in [7, 11) is 0. The van der Waals surface area contributed by atoms with Crippen LogP contribution in [0.5, 0.6) is 0 Å². The number of fused-ring (bicyclic) bond motifs is 13. The Morgan fingerprint density at radius 3 is 2.13 bits per heavy atom. The average molecular weight is 393 g/mol. The van der Waals surface area contributed by atoms with E-state index in [1.807, 2.05) is 0 Å². The van der Waals surface area contributed by atoms with Crippen molar-refractivity contribution in [3.05, 3.63) is 113 Å². The largest absolute Gasteiger partial charge is 0.316 e. The molecule has 8 rings (SSSR count). The molecule has 0 fully saturated rings. The Balaban J connectivity index is 1.52. The summed E-state index contributed by atoms with van der Waals surface area (Å²) < 4.78 is 2.34. The lowest BCUT2D eigenvalue weighted by molar-refractivity contribution is 1.24. The quantitative estimate of drug-likeness (QED) is 0.237. The van der Waals surface area contributed by atoms with Gasteiger partial charge < -0.3 is 4.40 Å². The summed E-state index contributed by atoms with van der Waals surface area (Å²) in [4.78, 5) is 0. The highest BCUT2D eigenvalue weighted by Crippen LogP contribution is 2.50. The maximum absolute atomic E-state index is 2.47. The van der Waals surface area contributed by atoms with Crippen LogP contribution in [-0.4, -0.2) is 4.40 Å². The summed E-state index contributed by atoms with van der Waals surface area (Å²) in [5.74, 6) is 0. The van der Waals surface area contributed by atoms with Gasteiger partial charge in [0.15, 0.2) is 0 Å². The first kappa shape index (κ1) is 15.9. The van der Waals surface area contributed by atoms with E-state index < -0.39 is 0 Å². The smallest absolute Gasteiger partial charge is 0.0535 e. The van der Waals surface area contributed by atoms with Crippen molar-refractivity contribution in [3.8, 4) is 22.3 Å². The standard InChI is InChI=1S/C30H19N/c1-2-7-22-18(6-1)14-19-11-12-20-15-21-16-25-23-8-3-4-9-27(23)31-13-5-10-28(31)26(25)17-24(21)30(20)29(19)22/h1-13,16-17H,14-15H2. The summed E-state index contributed by atoms with van der Waals surface area (Å²) in [6.45, 7) is 0. The molecule has 0 aliphatic heterocycles. The molecule has 6 aromatic rings. The van der Waals surface area contributed by atoms with Crippen LogP contribution in [0.3, 0.4) is 0 Å². The van der Waals surface area contributed by atoms with Crippen molar-refractivity contribution in [3.63, 3.8) is 0 Å². The van der Waals surface area contributed by atoms with Crippen LogP contribution in [0, 0.1) is 0 Å². The minimum atomic E-state index is 1.02. The zero-order valence-electron chi connectivity index (χ0n) is 17.0. The predicted molar refractivity (Wildman–Crippen MR) is 129 cm³/mol. The third kappa shape index (κ3) is 1.92. The van der Waals surface area contributed by atoms with Gasteiger partial charge in [0.25, 0.3) is 0 Å². The first-order valence-corrected chi connectivity index (χ1v) is 11.0. The zero-order chi connectivity index (χ0) is 20.1. The number of hydrogen-bond donors (Lipinski definition) is 0. The Hall–Kier alpha value is -3.84. The SMILES string of the molecule is c1ccc2c(c1)Cc1ccc3c(c1-2)-c1cc2c(cc1C3)c1ccccc1n1cccc21. The maximum atomic E-state index is 2.47. The molecule has 2 aliphatic carbocycles. The molecule has 1 heteroatoms. The van der Waals surface area contributed by atoms with Crippen molar-refractivity contribution in [2.45, 2.75) is 12.8 Å². The Morgan fingerprint density at radius 1 is 0.484 bits per heavy atom. The molecule has 0 bridgehead atoms. The third-order valence-electron chi connectivity index (χ3n) is 7.42. The van der Waals surface area contributed by atoms with Gasteiger partial charge in [-0.3, -0.25) is 0 Å². The predicted octanol–water partition coefficient (Wildman–Crippen LogP) is 7.39. The second kappa shape index (κ2) is 5.44. The Labute approximate surface area is 180 Å². The number of nitrogens with zero attached hydrogens (tertiary/aromatic N) is 1. The molecule has 1 nitrogen and oxygen atoms in total. The summed E-state index contributed by atoms with van der Waals surface area (Å²) in [6.07, 6.45) is 4.26. The van der Waals surface area contributed by atoms with E-state index in [2.05, 4.69) is 95.5 Å². The third-order valence-corrected chi connectivity index (χ3v) is 7.42. The molecule has 2 aromatic heterocycles. The first-order valence-electron chi connectivity index (χ1n) is 11.0. The molecular formula is C30H19N. The van der Waals surface area contributed by atoms with Crippen LogP contribution in [0.25, 0.3) is 49.4 Å². The van der Waals surface area contributed by atoms with Crippen molar-refractivity contribution in [2.75, 3.05) is 0 Å². The van der Waals surface area contributed by atoms with Crippen molar-refractivity contribution in [2.24, 2.45) is 0 Å². The molecule has 0 saturated carbocycles. The van der Waals surface area contributed by atoms with Gasteiger partial charge in [0, 0.05) is 17.0 Å². The van der Waals surface area contributed by atoms with Gasteiger partial charge in [-0.2, -0.15) is 0 Å². The van der Waals surface area contributed by atoms with E-state index in [9.17, 15) is 0 Å². The highest BCUT2D eigenvalue weighted by molar-refractivity contribution is 6.15. The van der Waals surface area contributed by atoms with Crippen LogP contribution in [0.4, 0.5) is 0 Å². The van der Waals surface area contributed by atoms with Crippen molar-refractivity contribution in [1.29, 1.82) is 0 Å². The molecule has 31 heavy (non-hydrogen) atoms. The van der Waals surface area contributed by atoms with Gasteiger partial charge >= 0.3 is 0 Å². The van der Waals surface area contributed by atoms with E-state index >= 15 is 0 Å². The van der Waals surface area contributed by atoms with Gasteiger partial charge in [0.2, 0.25) is 0 Å². The summed E-state index contributed by atoms with van der Waals surface area (Å²) in [6, 6.07) is 31.8. The monoisotopic (exact) mass is 393 g/mol. The van der Waals surface area contributed by atoms with Crippen LogP contribution in [0.15, 0.2) is 91.1 Å². The summed E-state index contributed by atoms with van der Waals surface area (Å²) in [5.41, 5.74) is 14.2. The Kier molecular flexibility index (Phi) is 2.80. The molecule has 0 spiro atoms. The normalized spacial score (nSPS) is 13.5. The topological polar surface area (TPSA) is 4.41 Å². The second-order valence-corrected chi connectivity index (χ2v) is 8.98. The van der Waals surface area contributed by atoms with E-state index in [0.717, 1.165) is 12.8 Å². The lowest BCUT2D eigenvalue weighted by Gasteiger charge is -2.13. The van der Waals surface area contributed by atoms with Gasteiger partial charge in [0.1, 0.15) is 0 Å². The van der Waals surface area contributed by atoms with Crippen LogP contribution in [-0.2, 0) is 12.8 Å². The number of pyridine rings is 1. The highest BCUT2D eigenvalue weighted by Gasteiger charge is 2.29. The number of hydrogen-bond acceptors (Lipinski definition) is 0. The number of benzene rings is 4. The molecule has 4 aromatic carbocycles. The Morgan fingerprint density at radius 2 is 1.19 bits per heavy atom. The van der Waals surface area contributed by atoms with Crippen LogP contribution in [0.1, 0.15) is 22.3 Å². The van der Waals surface area contributed by atoms with Gasteiger partial charge in [-0.05, 0) is 93.1 Å². The molecule has 2 heterocycles. The molecule has 2 aliphatic rings. The zero-order valence-corrected chi connectivity index (χ0v) is 17.0. The van der Waals surface area contributed by atoms with E-state index in [-0.39, 0.29) is 0 Å². The van der Waals surface area contributed by atoms with Gasteiger partial charge in [0.05, 0.1) is 11.0 Å². The fourth-order valence-electron chi connectivity index (χ4n) is 6.11. The minimum Gasteiger partial charge on any atom is -0.316 e. The number of para-hydroxylation sites is 1. The Bertz CT molecular complexity index is 1730. The van der Waals surface area contributed by atoms with Gasteiger partial charge in [-0.25, -0.2) is 0 Å². The van der Waals surface area contributed by atoms with E-state index in [1.165, 1.54) is 71.7 Å². The van der Waals surface area contributed by atoms with Crippen LogP contribution in [0.2, 0.25) is 0 Å². The fraction of sp³-hybridized carbons (Fsp3) is 0.0667. The highest BCUT2D eigenvalue weighted by atomic mass is 14.9. The molecule has 0 amide bonds. The molecule has 0 unspecified atom stereocenters. The number of aromatic nitrogens is 1. The molecule has 144 valence electrons. The van der Waals surface area contributed by atoms with Crippen molar-refractivity contribution in [1.82, 2.24) is 4.40 Å². The lowest BCUT2D eigenvalue weighted by Crippen LogP contribution is -1.91. The van der Waals surface area contributed by atoms with Crippen molar-refractivity contribution >= 4 is 27.2 Å². The molecule has 0 N–H and O–H groups in total. The van der Waals surface area contributed by atoms with E-state index in [1.54, 1.807) is 0 Å².